The van der Waals surface area contributed by atoms with Crippen molar-refractivity contribution in [2.24, 2.45) is 0 Å². The zero-order chi connectivity index (χ0) is 14.8. The van der Waals surface area contributed by atoms with Crippen LogP contribution in [0.1, 0.15) is 28.6 Å². The molecule has 2 aromatic rings. The van der Waals surface area contributed by atoms with Crippen molar-refractivity contribution in [2.75, 3.05) is 6.54 Å². The molecule has 0 spiro atoms. The minimum atomic E-state index is -1.32. The quantitative estimate of drug-likeness (QED) is 0.901. The first kappa shape index (κ1) is 14.3. The van der Waals surface area contributed by atoms with Gasteiger partial charge in [0.1, 0.15) is 17.2 Å². The van der Waals surface area contributed by atoms with Gasteiger partial charge in [0, 0.05) is 5.56 Å². The van der Waals surface area contributed by atoms with Crippen molar-refractivity contribution in [1.82, 2.24) is 5.32 Å². The Balaban J connectivity index is 2.03. The van der Waals surface area contributed by atoms with E-state index in [4.69, 9.17) is 4.42 Å². The number of carbonyl (C=O) groups is 1. The maximum Gasteiger partial charge on any atom is 0.251 e. The Kier molecular flexibility index (Phi) is 3.90. The number of furan rings is 1. The highest BCUT2D eigenvalue weighted by Gasteiger charge is 2.27. The van der Waals surface area contributed by atoms with E-state index in [9.17, 15) is 14.3 Å². The van der Waals surface area contributed by atoms with Crippen LogP contribution in [0.25, 0.3) is 0 Å². The van der Waals surface area contributed by atoms with E-state index in [0.29, 0.717) is 11.3 Å². The molecule has 106 valence electrons. The van der Waals surface area contributed by atoms with E-state index in [-0.39, 0.29) is 12.1 Å². The lowest BCUT2D eigenvalue weighted by molar-refractivity contribution is 0.0330. The highest BCUT2D eigenvalue weighted by atomic mass is 19.1. The Bertz CT molecular complexity index is 606. The number of aryl methyl sites for hydroxylation is 1. The number of benzene rings is 1. The standard InChI is InChI=1S/C15H16FNO3/c1-10-5-6-11(8-12(10)16)14(18)17-9-15(2,19)13-4-3-7-20-13/h3-8,19H,9H2,1-2H3,(H,17,18). The molecule has 1 heterocycles. The molecule has 20 heavy (non-hydrogen) atoms. The van der Waals surface area contributed by atoms with Gasteiger partial charge in [-0.2, -0.15) is 0 Å². The summed E-state index contributed by atoms with van der Waals surface area (Å²) in [5.74, 6) is -0.529. The molecule has 0 bridgehead atoms. The highest BCUT2D eigenvalue weighted by Crippen LogP contribution is 2.20. The first-order valence-electron chi connectivity index (χ1n) is 6.21. The molecule has 0 saturated heterocycles. The number of hydrogen-bond acceptors (Lipinski definition) is 3. The summed E-state index contributed by atoms with van der Waals surface area (Å²) in [6, 6.07) is 7.52. The summed E-state index contributed by atoms with van der Waals surface area (Å²) >= 11 is 0. The van der Waals surface area contributed by atoms with Gasteiger partial charge in [0.15, 0.2) is 0 Å². The van der Waals surface area contributed by atoms with Crippen molar-refractivity contribution in [1.29, 1.82) is 0 Å². The van der Waals surface area contributed by atoms with Gasteiger partial charge in [-0.15, -0.1) is 0 Å². The lowest BCUT2D eigenvalue weighted by atomic mass is 10.0. The number of rotatable bonds is 4. The van der Waals surface area contributed by atoms with Gasteiger partial charge < -0.3 is 14.8 Å². The Morgan fingerprint density at radius 3 is 2.80 bits per heavy atom. The van der Waals surface area contributed by atoms with Crippen molar-refractivity contribution in [3.05, 3.63) is 59.3 Å². The number of halogens is 1. The summed E-state index contributed by atoms with van der Waals surface area (Å²) in [6.07, 6.45) is 1.45. The van der Waals surface area contributed by atoms with E-state index >= 15 is 0 Å². The largest absolute Gasteiger partial charge is 0.466 e. The zero-order valence-electron chi connectivity index (χ0n) is 11.3. The molecule has 4 nitrogen and oxygen atoms in total. The van der Waals surface area contributed by atoms with Gasteiger partial charge >= 0.3 is 0 Å². The van der Waals surface area contributed by atoms with Crippen LogP contribution in [0.4, 0.5) is 4.39 Å². The Hall–Kier alpha value is -2.14. The molecule has 1 amide bonds. The average Bonchev–Trinajstić information content (AvgIpc) is 2.94. The van der Waals surface area contributed by atoms with E-state index in [1.165, 1.54) is 31.4 Å². The van der Waals surface area contributed by atoms with Crippen LogP contribution in [0, 0.1) is 12.7 Å². The van der Waals surface area contributed by atoms with E-state index in [1.807, 2.05) is 0 Å². The minimum absolute atomic E-state index is 0.0329. The third kappa shape index (κ3) is 3.05. The molecule has 0 aliphatic rings. The summed E-state index contributed by atoms with van der Waals surface area (Å²) in [5, 5.41) is 12.7. The minimum Gasteiger partial charge on any atom is -0.466 e. The van der Waals surface area contributed by atoms with Gasteiger partial charge in [-0.3, -0.25) is 4.79 Å². The maximum atomic E-state index is 13.4. The number of hydrogen-bond donors (Lipinski definition) is 2. The second kappa shape index (κ2) is 5.46. The molecule has 0 aliphatic heterocycles. The molecule has 0 fully saturated rings. The van der Waals surface area contributed by atoms with Crippen molar-refractivity contribution in [2.45, 2.75) is 19.4 Å². The van der Waals surface area contributed by atoms with Crippen molar-refractivity contribution in [3.8, 4) is 0 Å². The number of aliphatic hydroxyl groups is 1. The van der Waals surface area contributed by atoms with Crippen molar-refractivity contribution >= 4 is 5.91 Å². The number of carbonyl (C=O) groups excluding carboxylic acids is 1. The maximum absolute atomic E-state index is 13.4. The van der Waals surface area contributed by atoms with E-state index in [2.05, 4.69) is 5.32 Å². The fraction of sp³-hybridized carbons (Fsp3) is 0.267. The van der Waals surface area contributed by atoms with Gasteiger partial charge in [-0.25, -0.2) is 4.39 Å². The Morgan fingerprint density at radius 1 is 1.45 bits per heavy atom. The molecule has 0 aliphatic carbocycles. The number of amides is 1. The van der Waals surface area contributed by atoms with Crippen LogP contribution < -0.4 is 5.32 Å². The molecular formula is C15H16FNO3. The van der Waals surface area contributed by atoms with E-state index < -0.39 is 17.3 Å². The van der Waals surface area contributed by atoms with Crippen LogP contribution in [-0.2, 0) is 5.60 Å². The molecule has 5 heteroatoms. The van der Waals surface area contributed by atoms with Crippen LogP contribution >= 0.6 is 0 Å². The molecule has 0 radical (unpaired) electrons. The highest BCUT2D eigenvalue weighted by molar-refractivity contribution is 5.94. The summed E-state index contributed by atoms with van der Waals surface area (Å²) in [5.41, 5.74) is -0.630. The van der Waals surface area contributed by atoms with E-state index in [0.717, 1.165) is 0 Å². The van der Waals surface area contributed by atoms with E-state index in [1.54, 1.807) is 19.1 Å². The molecule has 1 aromatic heterocycles. The second-order valence-electron chi connectivity index (χ2n) is 4.90. The average molecular weight is 277 g/mol. The van der Waals surface area contributed by atoms with Crippen molar-refractivity contribution < 1.29 is 18.7 Å². The molecular weight excluding hydrogens is 261 g/mol. The first-order valence-corrected chi connectivity index (χ1v) is 6.21. The fourth-order valence-electron chi connectivity index (χ4n) is 1.76. The normalized spacial score (nSPS) is 13.8. The lowest BCUT2D eigenvalue weighted by Gasteiger charge is -2.21. The van der Waals surface area contributed by atoms with Gasteiger partial charge in [0.05, 0.1) is 12.8 Å². The van der Waals surface area contributed by atoms with Gasteiger partial charge in [-0.1, -0.05) is 6.07 Å². The lowest BCUT2D eigenvalue weighted by Crippen LogP contribution is -2.38. The SMILES string of the molecule is Cc1ccc(C(=O)NCC(C)(O)c2ccco2)cc1F. The van der Waals surface area contributed by atoms with Gasteiger partial charge in [-0.05, 0) is 43.7 Å². The fourth-order valence-corrected chi connectivity index (χ4v) is 1.76. The summed E-state index contributed by atoms with van der Waals surface area (Å²) < 4.78 is 18.5. The molecule has 0 saturated carbocycles. The van der Waals surface area contributed by atoms with Crippen LogP contribution in [0.3, 0.4) is 0 Å². The molecule has 2 rings (SSSR count). The molecule has 1 aromatic carbocycles. The van der Waals surface area contributed by atoms with Gasteiger partial charge in [0.25, 0.3) is 5.91 Å². The summed E-state index contributed by atoms with van der Waals surface area (Å²) in [7, 11) is 0. The summed E-state index contributed by atoms with van der Waals surface area (Å²) in [4.78, 5) is 11.9. The molecule has 1 unspecified atom stereocenters. The third-order valence-electron chi connectivity index (χ3n) is 3.08. The topological polar surface area (TPSA) is 62.5 Å². The predicted octanol–water partition coefficient (Wildman–Crippen LogP) is 2.36. The Morgan fingerprint density at radius 2 is 2.20 bits per heavy atom. The second-order valence-corrected chi connectivity index (χ2v) is 4.90. The van der Waals surface area contributed by atoms with Crippen LogP contribution in [0.5, 0.6) is 0 Å². The van der Waals surface area contributed by atoms with Crippen molar-refractivity contribution in [3.63, 3.8) is 0 Å². The Labute approximate surface area is 116 Å². The molecule has 1 atom stereocenters. The van der Waals surface area contributed by atoms with Gasteiger partial charge in [0.2, 0.25) is 0 Å². The molecule has 2 N–H and O–H groups in total. The van der Waals surface area contributed by atoms with Crippen LogP contribution in [0.2, 0.25) is 0 Å². The monoisotopic (exact) mass is 277 g/mol. The number of nitrogens with one attached hydrogen (secondary N) is 1. The van der Waals surface area contributed by atoms with Crippen LogP contribution in [0.15, 0.2) is 41.0 Å². The predicted molar refractivity (Wildman–Crippen MR) is 71.7 cm³/mol. The van der Waals surface area contributed by atoms with Crippen LogP contribution in [-0.4, -0.2) is 17.6 Å². The first-order chi connectivity index (χ1) is 9.40. The smallest absolute Gasteiger partial charge is 0.251 e. The summed E-state index contributed by atoms with van der Waals surface area (Å²) in [6.45, 7) is 3.12. The third-order valence-corrected chi connectivity index (χ3v) is 3.08. The zero-order valence-corrected chi connectivity index (χ0v) is 11.3.